The van der Waals surface area contributed by atoms with Crippen molar-refractivity contribution in [1.82, 2.24) is 10.2 Å². The van der Waals surface area contributed by atoms with E-state index in [0.717, 1.165) is 17.7 Å². The lowest BCUT2D eigenvalue weighted by atomic mass is 9.92. The molecule has 136 valence electrons. The van der Waals surface area contributed by atoms with Gasteiger partial charge in [0.1, 0.15) is 12.1 Å². The summed E-state index contributed by atoms with van der Waals surface area (Å²) in [6.45, 7) is 7.63. The third kappa shape index (κ3) is 4.59. The van der Waals surface area contributed by atoms with Gasteiger partial charge in [0.05, 0.1) is 0 Å². The number of urea groups is 1. The van der Waals surface area contributed by atoms with Crippen LogP contribution in [0.3, 0.4) is 0 Å². The summed E-state index contributed by atoms with van der Waals surface area (Å²) < 4.78 is 0. The number of carbonyl (C=O) groups excluding carboxylic acids is 3. The highest BCUT2D eigenvalue weighted by Crippen LogP contribution is 2.24. The fraction of sp³-hybridized carbons (Fsp3) is 0.526. The first-order chi connectivity index (χ1) is 11.7. The number of benzene rings is 1. The lowest BCUT2D eigenvalue weighted by molar-refractivity contribution is -0.133. The third-order valence-electron chi connectivity index (χ3n) is 4.51. The zero-order chi connectivity index (χ0) is 18.6. The summed E-state index contributed by atoms with van der Waals surface area (Å²) in [6.07, 6.45) is 2.31. The topological polar surface area (TPSA) is 78.5 Å². The highest BCUT2D eigenvalue weighted by atomic mass is 16.2. The third-order valence-corrected chi connectivity index (χ3v) is 4.51. The first kappa shape index (κ1) is 19.0. The van der Waals surface area contributed by atoms with Crippen molar-refractivity contribution in [2.45, 2.75) is 52.5 Å². The zero-order valence-electron chi connectivity index (χ0n) is 15.4. The maximum atomic E-state index is 12.6. The lowest BCUT2D eigenvalue weighted by Crippen LogP contribution is -2.44. The molecule has 0 aromatic heterocycles. The number of anilines is 1. The van der Waals surface area contributed by atoms with E-state index in [9.17, 15) is 14.4 Å². The summed E-state index contributed by atoms with van der Waals surface area (Å²) in [5.74, 6) is -0.291. The minimum absolute atomic E-state index is 0.280. The summed E-state index contributed by atoms with van der Waals surface area (Å²) in [4.78, 5) is 37.9. The number of carbonyl (C=O) groups is 3. The van der Waals surface area contributed by atoms with Crippen LogP contribution in [0.1, 0.15) is 46.1 Å². The number of hydrogen-bond donors (Lipinski definition) is 2. The number of nitrogens with one attached hydrogen (secondary N) is 2. The molecule has 2 rings (SSSR count). The predicted molar refractivity (Wildman–Crippen MR) is 97.2 cm³/mol. The quantitative estimate of drug-likeness (QED) is 0.746. The number of aryl methyl sites for hydroxylation is 1. The van der Waals surface area contributed by atoms with Gasteiger partial charge in [-0.15, -0.1) is 0 Å². The standard InChI is InChI=1S/C19H27N3O3/c1-5-14-6-8-15(9-7-14)20-16(23)12-22-17(24)19(4,21-18(22)25)11-10-13(2)3/h6-9,13H,5,10-12H2,1-4H3,(H,20,23)(H,21,25). The van der Waals surface area contributed by atoms with Crippen molar-refractivity contribution >= 4 is 23.5 Å². The average Bonchev–Trinajstić information content (AvgIpc) is 2.77. The van der Waals surface area contributed by atoms with Gasteiger partial charge in [-0.3, -0.25) is 14.5 Å². The minimum Gasteiger partial charge on any atom is -0.325 e. The molecular formula is C19H27N3O3. The Labute approximate surface area is 149 Å². The van der Waals surface area contributed by atoms with Gasteiger partial charge in [-0.1, -0.05) is 32.9 Å². The molecule has 6 heteroatoms. The van der Waals surface area contributed by atoms with E-state index in [0.29, 0.717) is 18.0 Å². The molecule has 6 nitrogen and oxygen atoms in total. The molecule has 1 fully saturated rings. The summed E-state index contributed by atoms with van der Waals surface area (Å²) in [7, 11) is 0. The van der Waals surface area contributed by atoms with Gasteiger partial charge in [0.15, 0.2) is 0 Å². The van der Waals surface area contributed by atoms with E-state index in [1.165, 1.54) is 5.56 Å². The van der Waals surface area contributed by atoms with Crippen LogP contribution in [0.4, 0.5) is 10.5 Å². The van der Waals surface area contributed by atoms with E-state index in [1.807, 2.05) is 24.3 Å². The van der Waals surface area contributed by atoms with Crippen molar-refractivity contribution in [2.75, 3.05) is 11.9 Å². The average molecular weight is 345 g/mol. The van der Waals surface area contributed by atoms with Gasteiger partial charge in [0.25, 0.3) is 5.91 Å². The summed E-state index contributed by atoms with van der Waals surface area (Å²) >= 11 is 0. The molecule has 1 aromatic carbocycles. The maximum Gasteiger partial charge on any atom is 0.325 e. The molecular weight excluding hydrogens is 318 g/mol. The monoisotopic (exact) mass is 345 g/mol. The molecule has 25 heavy (non-hydrogen) atoms. The molecule has 1 aliphatic rings. The fourth-order valence-corrected chi connectivity index (χ4v) is 2.81. The molecule has 0 radical (unpaired) electrons. The van der Waals surface area contributed by atoms with E-state index in [2.05, 4.69) is 31.4 Å². The van der Waals surface area contributed by atoms with Crippen LogP contribution in [0.25, 0.3) is 0 Å². The van der Waals surface area contributed by atoms with Crippen LogP contribution in [0.15, 0.2) is 24.3 Å². The van der Waals surface area contributed by atoms with Crippen molar-refractivity contribution < 1.29 is 14.4 Å². The Morgan fingerprint density at radius 3 is 2.44 bits per heavy atom. The molecule has 2 N–H and O–H groups in total. The fourth-order valence-electron chi connectivity index (χ4n) is 2.81. The van der Waals surface area contributed by atoms with E-state index < -0.39 is 11.6 Å². The van der Waals surface area contributed by atoms with Crippen molar-refractivity contribution in [1.29, 1.82) is 0 Å². The molecule has 1 aromatic rings. The smallest absolute Gasteiger partial charge is 0.325 e. The van der Waals surface area contributed by atoms with Crippen LogP contribution >= 0.6 is 0 Å². The molecule has 0 spiro atoms. The second-order valence-electron chi connectivity index (χ2n) is 7.18. The second kappa shape index (κ2) is 7.68. The highest BCUT2D eigenvalue weighted by molar-refractivity contribution is 6.09. The predicted octanol–water partition coefficient (Wildman–Crippen LogP) is 2.93. The Morgan fingerprint density at radius 2 is 1.88 bits per heavy atom. The SMILES string of the molecule is CCc1ccc(NC(=O)CN2C(=O)NC(C)(CCC(C)C)C2=O)cc1. The van der Waals surface area contributed by atoms with Crippen molar-refractivity contribution in [3.05, 3.63) is 29.8 Å². The molecule has 1 heterocycles. The van der Waals surface area contributed by atoms with E-state index >= 15 is 0 Å². The van der Waals surface area contributed by atoms with Gasteiger partial charge in [-0.2, -0.15) is 0 Å². The Bertz CT molecular complexity index is 654. The van der Waals surface area contributed by atoms with Crippen LogP contribution in [0, 0.1) is 5.92 Å². The number of hydrogen-bond acceptors (Lipinski definition) is 3. The molecule has 0 bridgehead atoms. The van der Waals surface area contributed by atoms with Crippen molar-refractivity contribution in [3.8, 4) is 0 Å². The lowest BCUT2D eigenvalue weighted by Gasteiger charge is -2.22. The van der Waals surface area contributed by atoms with E-state index in [4.69, 9.17) is 0 Å². The Morgan fingerprint density at radius 1 is 1.24 bits per heavy atom. The van der Waals surface area contributed by atoms with Gasteiger partial charge in [0.2, 0.25) is 5.91 Å². The number of imide groups is 1. The molecule has 1 unspecified atom stereocenters. The molecule has 0 saturated carbocycles. The summed E-state index contributed by atoms with van der Waals surface area (Å²) in [6, 6.07) is 7.00. The van der Waals surface area contributed by atoms with Gasteiger partial charge in [-0.25, -0.2) is 4.79 Å². The van der Waals surface area contributed by atoms with Crippen LogP contribution in [-0.4, -0.2) is 34.8 Å². The second-order valence-corrected chi connectivity index (χ2v) is 7.18. The van der Waals surface area contributed by atoms with E-state index in [-0.39, 0.29) is 18.4 Å². The first-order valence-corrected chi connectivity index (χ1v) is 8.78. The molecule has 1 aliphatic heterocycles. The number of amides is 4. The Kier molecular flexibility index (Phi) is 5.82. The molecule has 1 atom stereocenters. The Balaban J connectivity index is 1.97. The van der Waals surface area contributed by atoms with E-state index in [1.54, 1.807) is 6.92 Å². The normalized spacial score (nSPS) is 20.1. The van der Waals surface area contributed by atoms with Crippen molar-refractivity contribution in [2.24, 2.45) is 5.92 Å². The van der Waals surface area contributed by atoms with Gasteiger partial charge in [0, 0.05) is 5.69 Å². The number of rotatable bonds is 7. The zero-order valence-corrected chi connectivity index (χ0v) is 15.4. The van der Waals surface area contributed by atoms with Crippen LogP contribution in [0.5, 0.6) is 0 Å². The molecule has 0 aliphatic carbocycles. The first-order valence-electron chi connectivity index (χ1n) is 8.78. The number of nitrogens with zero attached hydrogens (tertiary/aromatic N) is 1. The van der Waals surface area contributed by atoms with Gasteiger partial charge in [-0.05, 0) is 49.8 Å². The van der Waals surface area contributed by atoms with Crippen LogP contribution < -0.4 is 10.6 Å². The van der Waals surface area contributed by atoms with Crippen LogP contribution in [-0.2, 0) is 16.0 Å². The van der Waals surface area contributed by atoms with Crippen LogP contribution in [0.2, 0.25) is 0 Å². The van der Waals surface area contributed by atoms with Crippen molar-refractivity contribution in [3.63, 3.8) is 0 Å². The summed E-state index contributed by atoms with van der Waals surface area (Å²) in [5, 5.41) is 5.45. The maximum absolute atomic E-state index is 12.6. The largest absolute Gasteiger partial charge is 0.325 e. The van der Waals surface area contributed by atoms with Gasteiger partial charge < -0.3 is 10.6 Å². The molecule has 1 saturated heterocycles. The van der Waals surface area contributed by atoms with Gasteiger partial charge >= 0.3 is 6.03 Å². The minimum atomic E-state index is -0.926. The Hall–Kier alpha value is -2.37. The summed E-state index contributed by atoms with van der Waals surface area (Å²) in [5.41, 5.74) is 0.898. The highest BCUT2D eigenvalue weighted by Gasteiger charge is 2.47. The molecule has 4 amide bonds.